The first-order chi connectivity index (χ1) is 15.3. The van der Waals surface area contributed by atoms with Gasteiger partial charge in [0.05, 0.1) is 14.2 Å². The second-order valence-corrected chi connectivity index (χ2v) is 7.96. The quantitative estimate of drug-likeness (QED) is 0.239. The number of carbonyl (C=O) groups excluding carboxylic acids is 2. The van der Waals surface area contributed by atoms with Gasteiger partial charge in [-0.05, 0) is 56.3 Å². The van der Waals surface area contributed by atoms with Crippen molar-refractivity contribution in [3.8, 4) is 17.2 Å². The van der Waals surface area contributed by atoms with Crippen LogP contribution in [0.2, 0.25) is 0 Å². The molecule has 0 fully saturated rings. The van der Waals surface area contributed by atoms with Crippen LogP contribution < -0.4 is 9.47 Å². The number of esters is 1. The van der Waals surface area contributed by atoms with E-state index in [0.717, 1.165) is 21.5 Å². The Kier molecular flexibility index (Phi) is 7.53. The molecule has 166 valence electrons. The summed E-state index contributed by atoms with van der Waals surface area (Å²) in [6.07, 6.45) is 2.82. The number of halogens is 1. The minimum atomic E-state index is -0.620. The van der Waals surface area contributed by atoms with E-state index in [9.17, 15) is 9.59 Å². The molecule has 0 spiro atoms. The third-order valence-corrected chi connectivity index (χ3v) is 5.52. The first-order valence-corrected chi connectivity index (χ1v) is 10.7. The molecule has 6 nitrogen and oxygen atoms in total. The smallest absolute Gasteiger partial charge is 0.331 e. The molecule has 2 aromatic carbocycles. The van der Waals surface area contributed by atoms with Crippen LogP contribution in [0.3, 0.4) is 0 Å². The van der Waals surface area contributed by atoms with Gasteiger partial charge in [0.25, 0.3) is 0 Å². The number of ether oxygens (including phenoxy) is 3. The lowest BCUT2D eigenvalue weighted by Gasteiger charge is -2.10. The fourth-order valence-electron chi connectivity index (χ4n) is 3.50. The minimum Gasteiger partial charge on any atom is -0.493 e. The Balaban J connectivity index is 1.69. The molecule has 0 saturated heterocycles. The highest BCUT2D eigenvalue weighted by Crippen LogP contribution is 2.31. The number of aromatic nitrogens is 1. The second kappa shape index (κ2) is 10.3. The largest absolute Gasteiger partial charge is 0.493 e. The van der Waals surface area contributed by atoms with Crippen LogP contribution in [0.25, 0.3) is 11.8 Å². The summed E-state index contributed by atoms with van der Waals surface area (Å²) in [6.45, 7) is 3.46. The van der Waals surface area contributed by atoms with E-state index in [1.165, 1.54) is 13.2 Å². The Hall–Kier alpha value is -3.32. The van der Waals surface area contributed by atoms with E-state index >= 15 is 0 Å². The van der Waals surface area contributed by atoms with Crippen LogP contribution in [0.5, 0.6) is 11.5 Å². The van der Waals surface area contributed by atoms with Gasteiger partial charge in [0.15, 0.2) is 18.1 Å². The molecule has 0 amide bonds. The fourth-order valence-corrected chi connectivity index (χ4v) is 3.76. The summed E-state index contributed by atoms with van der Waals surface area (Å²) >= 11 is 3.43. The second-order valence-electron chi connectivity index (χ2n) is 7.04. The molecule has 0 N–H and O–H groups in total. The predicted octanol–water partition coefficient (Wildman–Crippen LogP) is 5.31. The topological polar surface area (TPSA) is 66.8 Å². The first kappa shape index (κ1) is 23.3. The molecule has 0 radical (unpaired) electrons. The van der Waals surface area contributed by atoms with Gasteiger partial charge in [0.1, 0.15) is 0 Å². The van der Waals surface area contributed by atoms with Crippen LogP contribution in [0.1, 0.15) is 27.3 Å². The van der Waals surface area contributed by atoms with Gasteiger partial charge >= 0.3 is 5.97 Å². The summed E-state index contributed by atoms with van der Waals surface area (Å²) in [5, 5.41) is 0. The van der Waals surface area contributed by atoms with E-state index in [4.69, 9.17) is 14.2 Å². The van der Waals surface area contributed by atoms with E-state index in [-0.39, 0.29) is 12.4 Å². The summed E-state index contributed by atoms with van der Waals surface area (Å²) in [7, 11) is 3.07. The number of benzene rings is 2. The molecule has 1 heterocycles. The molecule has 3 aromatic rings. The number of nitrogens with zero attached hydrogens (tertiary/aromatic N) is 1. The van der Waals surface area contributed by atoms with Gasteiger partial charge in [0.2, 0.25) is 5.78 Å². The molecule has 0 unspecified atom stereocenters. The average Bonchev–Trinajstić information content (AvgIpc) is 3.10. The summed E-state index contributed by atoms with van der Waals surface area (Å²) in [4.78, 5) is 24.9. The maximum Gasteiger partial charge on any atom is 0.331 e. The molecule has 3 rings (SSSR count). The molecule has 0 aliphatic heterocycles. The lowest BCUT2D eigenvalue weighted by molar-refractivity contribution is -0.136. The van der Waals surface area contributed by atoms with Gasteiger partial charge in [-0.25, -0.2) is 4.79 Å². The zero-order valence-electron chi connectivity index (χ0n) is 18.3. The van der Waals surface area contributed by atoms with Gasteiger partial charge in [-0.2, -0.15) is 0 Å². The van der Waals surface area contributed by atoms with Gasteiger partial charge in [-0.3, -0.25) is 4.79 Å². The number of carbonyl (C=O) groups is 2. The number of ketones is 1. The zero-order chi connectivity index (χ0) is 23.3. The highest BCUT2D eigenvalue weighted by Gasteiger charge is 2.18. The van der Waals surface area contributed by atoms with Crippen LogP contribution in [-0.2, 0) is 9.53 Å². The van der Waals surface area contributed by atoms with Gasteiger partial charge in [0, 0.05) is 38.8 Å². The van der Waals surface area contributed by atoms with Crippen LogP contribution >= 0.6 is 15.9 Å². The van der Waals surface area contributed by atoms with Crippen molar-refractivity contribution < 1.29 is 23.8 Å². The van der Waals surface area contributed by atoms with Crippen molar-refractivity contribution in [2.75, 3.05) is 20.8 Å². The Bertz CT molecular complexity index is 1160. The van der Waals surface area contributed by atoms with Crippen LogP contribution in [0.15, 0.2) is 59.1 Å². The predicted molar refractivity (Wildman–Crippen MR) is 127 cm³/mol. The highest BCUT2D eigenvalue weighted by atomic mass is 79.9. The average molecular weight is 498 g/mol. The SMILES string of the molecule is COc1cccc(C=CC(=O)OCC(=O)c2cc(C)n(-c3ccc(Br)cc3)c2C)c1OC. The third kappa shape index (κ3) is 5.11. The normalized spacial score (nSPS) is 10.9. The summed E-state index contributed by atoms with van der Waals surface area (Å²) in [5.41, 5.74) is 3.85. The van der Waals surface area contributed by atoms with Crippen molar-refractivity contribution in [1.82, 2.24) is 4.57 Å². The number of hydrogen-bond acceptors (Lipinski definition) is 5. The van der Waals surface area contributed by atoms with Crippen molar-refractivity contribution in [3.05, 3.63) is 81.6 Å². The Labute approximate surface area is 195 Å². The van der Waals surface area contributed by atoms with E-state index < -0.39 is 5.97 Å². The van der Waals surface area contributed by atoms with Gasteiger partial charge in [-0.15, -0.1) is 0 Å². The number of aryl methyl sites for hydroxylation is 1. The zero-order valence-corrected chi connectivity index (χ0v) is 19.9. The number of hydrogen-bond donors (Lipinski definition) is 0. The van der Waals surface area contributed by atoms with Crippen molar-refractivity contribution in [3.63, 3.8) is 0 Å². The molecule has 0 atom stereocenters. The van der Waals surface area contributed by atoms with Crippen molar-refractivity contribution in [2.24, 2.45) is 0 Å². The molecular formula is C25H24BrNO5. The molecule has 32 heavy (non-hydrogen) atoms. The maximum atomic E-state index is 12.7. The lowest BCUT2D eigenvalue weighted by Crippen LogP contribution is -2.13. The van der Waals surface area contributed by atoms with Crippen LogP contribution in [0, 0.1) is 13.8 Å². The molecule has 0 saturated carbocycles. The maximum absolute atomic E-state index is 12.7. The molecule has 0 aliphatic carbocycles. The summed E-state index contributed by atoms with van der Waals surface area (Å²) < 4.78 is 18.7. The van der Waals surface area contributed by atoms with Crippen LogP contribution in [0.4, 0.5) is 0 Å². The van der Waals surface area contributed by atoms with Crippen LogP contribution in [-0.4, -0.2) is 37.1 Å². The number of para-hydroxylation sites is 1. The Morgan fingerprint density at radius 1 is 1.03 bits per heavy atom. The first-order valence-electron chi connectivity index (χ1n) is 9.89. The highest BCUT2D eigenvalue weighted by molar-refractivity contribution is 9.10. The Morgan fingerprint density at radius 2 is 1.75 bits per heavy atom. The standard InChI is InChI=1S/C25H24BrNO5/c1-16-14-21(17(2)27(16)20-11-9-19(26)10-12-20)22(28)15-32-24(29)13-8-18-6-5-7-23(30-3)25(18)31-4/h5-14H,15H2,1-4H3. The molecule has 0 aliphatic rings. The van der Waals surface area contributed by atoms with E-state index in [2.05, 4.69) is 15.9 Å². The molecule has 0 bridgehead atoms. The van der Waals surface area contributed by atoms with E-state index in [1.807, 2.05) is 48.7 Å². The van der Waals surface area contributed by atoms with Gasteiger partial charge < -0.3 is 18.8 Å². The molecule has 1 aromatic heterocycles. The molecular weight excluding hydrogens is 474 g/mol. The number of rotatable bonds is 8. The Morgan fingerprint density at radius 3 is 2.41 bits per heavy atom. The number of methoxy groups -OCH3 is 2. The summed E-state index contributed by atoms with van der Waals surface area (Å²) in [5.74, 6) is 0.182. The monoisotopic (exact) mass is 497 g/mol. The van der Waals surface area contributed by atoms with Gasteiger partial charge in [-0.1, -0.05) is 28.1 Å². The van der Waals surface area contributed by atoms with Crippen molar-refractivity contribution in [2.45, 2.75) is 13.8 Å². The van der Waals surface area contributed by atoms with E-state index in [0.29, 0.717) is 22.6 Å². The molecule has 7 heteroatoms. The van der Waals surface area contributed by atoms with Crippen molar-refractivity contribution >= 4 is 33.8 Å². The minimum absolute atomic E-state index is 0.262. The third-order valence-electron chi connectivity index (χ3n) is 4.99. The fraction of sp³-hybridized carbons (Fsp3) is 0.200. The van der Waals surface area contributed by atoms with Crippen molar-refractivity contribution in [1.29, 1.82) is 0 Å². The number of Topliss-reactive ketones (excluding diaryl/α,β-unsaturated/α-hetero) is 1. The lowest BCUT2D eigenvalue weighted by atomic mass is 10.1. The summed E-state index contributed by atoms with van der Waals surface area (Å²) in [6, 6.07) is 15.0. The van der Waals surface area contributed by atoms with E-state index in [1.54, 1.807) is 31.4 Å².